The van der Waals surface area contributed by atoms with E-state index in [-0.39, 0.29) is 18.1 Å². The molecule has 0 amide bonds. The van der Waals surface area contributed by atoms with E-state index in [9.17, 15) is 4.39 Å². The van der Waals surface area contributed by atoms with Crippen LogP contribution in [-0.2, 0) is 0 Å². The lowest BCUT2D eigenvalue weighted by Gasteiger charge is -2.00. The Morgan fingerprint density at radius 3 is 2.93 bits per heavy atom. The highest BCUT2D eigenvalue weighted by Crippen LogP contribution is 2.19. The van der Waals surface area contributed by atoms with Crippen LogP contribution in [0, 0.1) is 12.7 Å². The molecule has 1 aromatic carbocycles. The SMILES string of the molecule is Cc1c(F)cccc1N=CC(CO)=NN. The van der Waals surface area contributed by atoms with Crippen molar-refractivity contribution in [2.45, 2.75) is 6.92 Å². The van der Waals surface area contributed by atoms with Gasteiger partial charge in [0, 0.05) is 5.56 Å². The van der Waals surface area contributed by atoms with Crippen molar-refractivity contribution >= 4 is 17.6 Å². The van der Waals surface area contributed by atoms with Gasteiger partial charge in [-0.25, -0.2) is 4.39 Å². The summed E-state index contributed by atoms with van der Waals surface area (Å²) in [5.74, 6) is 4.66. The lowest BCUT2D eigenvalue weighted by Crippen LogP contribution is -2.08. The quantitative estimate of drug-likeness (QED) is 0.445. The number of hydrogen-bond acceptors (Lipinski definition) is 4. The number of halogens is 1. The zero-order valence-electron chi connectivity index (χ0n) is 8.31. The molecule has 0 saturated heterocycles. The fourth-order valence-electron chi connectivity index (χ4n) is 0.995. The molecule has 0 heterocycles. The van der Waals surface area contributed by atoms with Gasteiger partial charge in [0.05, 0.1) is 18.5 Å². The molecule has 15 heavy (non-hydrogen) atoms. The molecule has 0 fully saturated rings. The molecule has 3 N–H and O–H groups in total. The largest absolute Gasteiger partial charge is 0.390 e. The third kappa shape index (κ3) is 2.85. The number of nitrogens with two attached hydrogens (primary N) is 1. The molecule has 1 rings (SSSR count). The first-order valence-electron chi connectivity index (χ1n) is 4.36. The fraction of sp³-hybridized carbons (Fsp3) is 0.200. The van der Waals surface area contributed by atoms with Gasteiger partial charge in [-0.3, -0.25) is 4.99 Å². The minimum Gasteiger partial charge on any atom is -0.390 e. The van der Waals surface area contributed by atoms with Gasteiger partial charge in [-0.15, -0.1) is 0 Å². The first kappa shape index (κ1) is 11.3. The van der Waals surface area contributed by atoms with Gasteiger partial charge in [0.25, 0.3) is 0 Å². The van der Waals surface area contributed by atoms with Gasteiger partial charge in [-0.2, -0.15) is 5.10 Å². The van der Waals surface area contributed by atoms with Crippen LogP contribution in [0.2, 0.25) is 0 Å². The van der Waals surface area contributed by atoms with Gasteiger partial charge in [0.1, 0.15) is 11.5 Å². The second-order valence-corrected chi connectivity index (χ2v) is 2.92. The number of aliphatic hydroxyl groups is 1. The van der Waals surface area contributed by atoms with E-state index in [0.29, 0.717) is 11.3 Å². The molecule has 0 saturated carbocycles. The molecule has 0 aliphatic heterocycles. The Bertz CT molecular complexity index is 402. The van der Waals surface area contributed by atoms with Crippen LogP contribution in [0.3, 0.4) is 0 Å². The first-order valence-corrected chi connectivity index (χ1v) is 4.36. The summed E-state index contributed by atoms with van der Waals surface area (Å²) < 4.78 is 13.1. The van der Waals surface area contributed by atoms with Crippen molar-refractivity contribution in [1.82, 2.24) is 0 Å². The van der Waals surface area contributed by atoms with Crippen LogP contribution in [-0.4, -0.2) is 23.6 Å². The van der Waals surface area contributed by atoms with Crippen LogP contribution < -0.4 is 5.84 Å². The number of nitrogens with zero attached hydrogens (tertiary/aromatic N) is 2. The smallest absolute Gasteiger partial charge is 0.128 e. The topological polar surface area (TPSA) is 71.0 Å². The average Bonchev–Trinajstić information content (AvgIpc) is 2.25. The normalized spacial score (nSPS) is 12.3. The Hall–Kier alpha value is -1.75. The first-order chi connectivity index (χ1) is 7.19. The van der Waals surface area contributed by atoms with Crippen LogP contribution in [0.15, 0.2) is 28.3 Å². The number of rotatable bonds is 3. The molecule has 0 aromatic heterocycles. The maximum Gasteiger partial charge on any atom is 0.128 e. The second-order valence-electron chi connectivity index (χ2n) is 2.92. The molecule has 0 spiro atoms. The van der Waals surface area contributed by atoms with E-state index in [4.69, 9.17) is 10.9 Å². The van der Waals surface area contributed by atoms with Crippen LogP contribution in [0.5, 0.6) is 0 Å². The van der Waals surface area contributed by atoms with Crippen molar-refractivity contribution in [3.63, 3.8) is 0 Å². The van der Waals surface area contributed by atoms with Crippen molar-refractivity contribution in [2.24, 2.45) is 15.9 Å². The van der Waals surface area contributed by atoms with Crippen molar-refractivity contribution in [3.05, 3.63) is 29.6 Å². The molecule has 0 aliphatic rings. The summed E-state index contributed by atoms with van der Waals surface area (Å²) in [4.78, 5) is 3.97. The van der Waals surface area contributed by atoms with Gasteiger partial charge < -0.3 is 10.9 Å². The number of hydrogen-bond donors (Lipinski definition) is 2. The zero-order valence-corrected chi connectivity index (χ0v) is 8.31. The zero-order chi connectivity index (χ0) is 11.3. The molecule has 0 aliphatic carbocycles. The van der Waals surface area contributed by atoms with E-state index in [2.05, 4.69) is 10.1 Å². The van der Waals surface area contributed by atoms with E-state index >= 15 is 0 Å². The fourth-order valence-corrected chi connectivity index (χ4v) is 0.995. The molecule has 1 aromatic rings. The Labute approximate surface area is 87.0 Å². The van der Waals surface area contributed by atoms with E-state index < -0.39 is 0 Å². The minimum absolute atomic E-state index is 0.235. The highest BCUT2D eigenvalue weighted by molar-refractivity contribution is 6.31. The molecular formula is C10H12FN3O. The Morgan fingerprint density at radius 1 is 1.60 bits per heavy atom. The van der Waals surface area contributed by atoms with Crippen LogP contribution in [0.1, 0.15) is 5.56 Å². The predicted molar refractivity (Wildman–Crippen MR) is 58.0 cm³/mol. The van der Waals surface area contributed by atoms with Crippen molar-refractivity contribution in [2.75, 3.05) is 6.61 Å². The van der Waals surface area contributed by atoms with Crippen LogP contribution in [0.25, 0.3) is 0 Å². The number of aliphatic imine (C=N–C) groups is 1. The van der Waals surface area contributed by atoms with Crippen molar-refractivity contribution < 1.29 is 9.50 Å². The standard InChI is InChI=1S/C10H12FN3O/c1-7-9(11)3-2-4-10(7)13-5-8(6-15)14-12/h2-5,15H,6,12H2,1H3. The minimum atomic E-state index is -0.320. The van der Waals surface area contributed by atoms with E-state index in [1.54, 1.807) is 19.1 Å². The maximum absolute atomic E-state index is 13.1. The summed E-state index contributed by atoms with van der Waals surface area (Å²) >= 11 is 0. The molecule has 5 heteroatoms. The number of aliphatic hydroxyl groups excluding tert-OH is 1. The van der Waals surface area contributed by atoms with Crippen molar-refractivity contribution in [1.29, 1.82) is 0 Å². The van der Waals surface area contributed by atoms with Crippen molar-refractivity contribution in [3.8, 4) is 0 Å². The molecule has 0 bridgehead atoms. The highest BCUT2D eigenvalue weighted by atomic mass is 19.1. The van der Waals surface area contributed by atoms with Gasteiger partial charge >= 0.3 is 0 Å². The summed E-state index contributed by atoms with van der Waals surface area (Å²) in [6.07, 6.45) is 1.31. The van der Waals surface area contributed by atoms with Gasteiger partial charge in [-0.1, -0.05) is 6.07 Å². The van der Waals surface area contributed by atoms with Gasteiger partial charge in [0.15, 0.2) is 0 Å². The second kappa shape index (κ2) is 5.21. The average molecular weight is 209 g/mol. The van der Waals surface area contributed by atoms with Crippen LogP contribution in [0.4, 0.5) is 10.1 Å². The Morgan fingerprint density at radius 2 is 2.33 bits per heavy atom. The lowest BCUT2D eigenvalue weighted by molar-refractivity contribution is 0.359. The summed E-state index contributed by atoms with van der Waals surface area (Å²) in [5.41, 5.74) is 1.17. The lowest BCUT2D eigenvalue weighted by atomic mass is 10.2. The molecule has 0 radical (unpaired) electrons. The van der Waals surface area contributed by atoms with E-state index in [0.717, 1.165) is 0 Å². The highest BCUT2D eigenvalue weighted by Gasteiger charge is 2.01. The molecule has 0 atom stereocenters. The van der Waals surface area contributed by atoms with Crippen LogP contribution >= 0.6 is 0 Å². The summed E-state index contributed by atoms with van der Waals surface area (Å²) in [6, 6.07) is 4.59. The third-order valence-electron chi connectivity index (χ3n) is 1.92. The molecule has 80 valence electrons. The molecular weight excluding hydrogens is 197 g/mol. The molecule has 4 nitrogen and oxygen atoms in total. The Kier molecular flexibility index (Phi) is 3.93. The van der Waals surface area contributed by atoms with E-state index in [1.165, 1.54) is 12.3 Å². The number of benzene rings is 1. The Balaban J connectivity index is 2.94. The predicted octanol–water partition coefficient (Wildman–Crippen LogP) is 1.14. The molecule has 0 unspecified atom stereocenters. The third-order valence-corrected chi connectivity index (χ3v) is 1.92. The van der Waals surface area contributed by atoms with Gasteiger partial charge in [0.2, 0.25) is 0 Å². The summed E-state index contributed by atoms with van der Waals surface area (Å²) in [6.45, 7) is 1.33. The monoisotopic (exact) mass is 209 g/mol. The van der Waals surface area contributed by atoms with E-state index in [1.807, 2.05) is 0 Å². The summed E-state index contributed by atoms with van der Waals surface area (Å²) in [7, 11) is 0. The summed E-state index contributed by atoms with van der Waals surface area (Å²) in [5, 5.41) is 12.0. The van der Waals surface area contributed by atoms with Gasteiger partial charge in [-0.05, 0) is 19.1 Å². The number of hydrazone groups is 1. The maximum atomic E-state index is 13.1.